The zero-order valence-electron chi connectivity index (χ0n) is 14.7. The van der Waals surface area contributed by atoms with Crippen molar-refractivity contribution in [3.63, 3.8) is 0 Å². The highest BCUT2D eigenvalue weighted by Gasteiger charge is 2.18. The van der Waals surface area contributed by atoms with Gasteiger partial charge in [0, 0.05) is 42.7 Å². The average Bonchev–Trinajstić information content (AvgIpc) is 2.99. The monoisotopic (exact) mass is 382 g/mol. The molecule has 0 bridgehead atoms. The van der Waals surface area contributed by atoms with Crippen LogP contribution in [-0.2, 0) is 15.8 Å². The number of fused-ring (bicyclic) bond motifs is 2. The van der Waals surface area contributed by atoms with Crippen LogP contribution in [0.25, 0.3) is 21.7 Å². The summed E-state index contributed by atoms with van der Waals surface area (Å²) in [5, 5.41) is 12.9. The average molecular weight is 382 g/mol. The van der Waals surface area contributed by atoms with E-state index in [0.29, 0.717) is 21.9 Å². The quantitative estimate of drug-likeness (QED) is 0.740. The normalized spacial score (nSPS) is 17.1. The highest BCUT2D eigenvalue weighted by atomic mass is 32.2. The number of aromatic nitrogens is 1. The lowest BCUT2D eigenvalue weighted by atomic mass is 10.0. The Bertz CT molecular complexity index is 1260. The fourth-order valence-corrected chi connectivity index (χ4v) is 4.00. The predicted octanol–water partition coefficient (Wildman–Crippen LogP) is 1.55. The molecule has 0 saturated heterocycles. The first kappa shape index (κ1) is 17.6. The van der Waals surface area contributed by atoms with Crippen LogP contribution in [0.1, 0.15) is 17.0 Å². The predicted molar refractivity (Wildman–Crippen MR) is 106 cm³/mol. The third-order valence-corrected chi connectivity index (χ3v) is 5.40. The van der Waals surface area contributed by atoms with Gasteiger partial charge in [-0.25, -0.2) is 13.6 Å². The van der Waals surface area contributed by atoms with Crippen molar-refractivity contribution >= 4 is 37.9 Å². The van der Waals surface area contributed by atoms with Gasteiger partial charge in [-0.15, -0.1) is 0 Å². The molecular weight excluding hydrogens is 364 g/mol. The Morgan fingerprint density at radius 1 is 1.19 bits per heavy atom. The van der Waals surface area contributed by atoms with E-state index >= 15 is 0 Å². The number of nitrogens with two attached hydrogens (primary N) is 1. The summed E-state index contributed by atoms with van der Waals surface area (Å²) < 4.78 is 22.8. The first-order valence-electron chi connectivity index (χ1n) is 8.41. The smallest absolute Gasteiger partial charge is 0.213 e. The van der Waals surface area contributed by atoms with Crippen molar-refractivity contribution < 1.29 is 8.42 Å². The maximum absolute atomic E-state index is 13.2. The van der Waals surface area contributed by atoms with Crippen LogP contribution in [0.15, 0.2) is 52.5 Å². The second-order valence-electron chi connectivity index (χ2n) is 6.80. The standard InChI is InChI=1S/C19H18N4O3S/c1-23-10-15(9-22-23)14-7-17-18(21-8-14)5-4-13-3-2-12(11-27(20,25)26)6-16(13)19(17)24/h2-9,15H,10-11H2,1H3,(H2,20,25,26). The van der Waals surface area contributed by atoms with Crippen LogP contribution in [0.4, 0.5) is 0 Å². The number of nitrogens with zero attached hydrogens (tertiary/aromatic N) is 3. The largest absolute Gasteiger partial charge is 0.299 e. The minimum Gasteiger partial charge on any atom is -0.299 e. The van der Waals surface area contributed by atoms with Crippen LogP contribution in [0, 0.1) is 0 Å². The Morgan fingerprint density at radius 2 is 1.96 bits per heavy atom. The van der Waals surface area contributed by atoms with E-state index in [9.17, 15) is 13.2 Å². The van der Waals surface area contributed by atoms with Crippen LogP contribution < -0.4 is 10.6 Å². The Kier molecular flexibility index (Phi) is 4.16. The molecular formula is C19H18N4O3S. The van der Waals surface area contributed by atoms with E-state index in [-0.39, 0.29) is 17.1 Å². The highest BCUT2D eigenvalue weighted by molar-refractivity contribution is 7.88. The number of sulfonamides is 1. The van der Waals surface area contributed by atoms with E-state index in [2.05, 4.69) is 10.1 Å². The molecule has 0 spiro atoms. The third kappa shape index (κ3) is 3.54. The van der Waals surface area contributed by atoms with Gasteiger partial charge in [-0.05, 0) is 34.7 Å². The summed E-state index contributed by atoms with van der Waals surface area (Å²) >= 11 is 0. The maximum Gasteiger partial charge on any atom is 0.213 e. The van der Waals surface area contributed by atoms with Gasteiger partial charge in [0.2, 0.25) is 10.0 Å². The zero-order valence-corrected chi connectivity index (χ0v) is 15.5. The Morgan fingerprint density at radius 3 is 2.67 bits per heavy atom. The second kappa shape index (κ2) is 6.40. The molecule has 0 saturated carbocycles. The van der Waals surface area contributed by atoms with Crippen LogP contribution in [0.2, 0.25) is 0 Å². The summed E-state index contributed by atoms with van der Waals surface area (Å²) in [5.74, 6) is -0.228. The minimum atomic E-state index is -3.67. The second-order valence-corrected chi connectivity index (χ2v) is 8.42. The van der Waals surface area contributed by atoms with Crippen molar-refractivity contribution in [1.29, 1.82) is 0 Å². The van der Waals surface area contributed by atoms with Gasteiger partial charge in [-0.1, -0.05) is 18.2 Å². The summed E-state index contributed by atoms with van der Waals surface area (Å²) in [6.45, 7) is 0.736. The van der Waals surface area contributed by atoms with E-state index < -0.39 is 10.0 Å². The van der Waals surface area contributed by atoms with Crippen LogP contribution in [-0.4, -0.2) is 38.2 Å². The fourth-order valence-electron chi connectivity index (χ4n) is 3.35. The first-order valence-corrected chi connectivity index (χ1v) is 10.1. The molecule has 0 aliphatic carbocycles. The number of pyridine rings is 1. The van der Waals surface area contributed by atoms with Crippen molar-refractivity contribution in [3.8, 4) is 0 Å². The van der Waals surface area contributed by atoms with Gasteiger partial charge in [0.25, 0.3) is 0 Å². The lowest BCUT2D eigenvalue weighted by Gasteiger charge is -2.10. The lowest BCUT2D eigenvalue weighted by Crippen LogP contribution is -2.14. The molecule has 4 rings (SSSR count). The summed E-state index contributed by atoms with van der Waals surface area (Å²) in [6, 6.07) is 10.5. The summed E-state index contributed by atoms with van der Waals surface area (Å²) in [4.78, 5) is 17.6. The van der Waals surface area contributed by atoms with Crippen molar-refractivity contribution in [1.82, 2.24) is 9.99 Å². The van der Waals surface area contributed by atoms with E-state index in [4.69, 9.17) is 5.14 Å². The molecule has 1 atom stereocenters. The Balaban J connectivity index is 1.92. The van der Waals surface area contributed by atoms with E-state index in [1.807, 2.05) is 30.4 Å². The van der Waals surface area contributed by atoms with E-state index in [1.54, 1.807) is 30.5 Å². The maximum atomic E-state index is 13.2. The van der Waals surface area contributed by atoms with Crippen molar-refractivity contribution in [2.75, 3.05) is 13.6 Å². The van der Waals surface area contributed by atoms with Crippen LogP contribution >= 0.6 is 0 Å². The molecule has 0 amide bonds. The highest BCUT2D eigenvalue weighted by Crippen LogP contribution is 2.22. The van der Waals surface area contributed by atoms with Gasteiger partial charge in [0.15, 0.2) is 5.43 Å². The van der Waals surface area contributed by atoms with Gasteiger partial charge in [-0.2, -0.15) is 5.10 Å². The van der Waals surface area contributed by atoms with Gasteiger partial charge in [-0.3, -0.25) is 14.8 Å². The van der Waals surface area contributed by atoms with Gasteiger partial charge in [0.1, 0.15) is 0 Å². The number of benzene rings is 1. The van der Waals surface area contributed by atoms with Crippen LogP contribution in [0.3, 0.4) is 0 Å². The number of hydrazone groups is 1. The first-order chi connectivity index (χ1) is 12.8. The zero-order chi connectivity index (χ0) is 19.2. The SMILES string of the molecule is CN1CC(c2cnc3ccc4ccc(CS(N)(=O)=O)cc4c(=O)c3c2)C=N1. The topological polar surface area (TPSA) is 106 Å². The Hall–Kier alpha value is -2.84. The number of hydrogen-bond donors (Lipinski definition) is 1. The van der Waals surface area contributed by atoms with Gasteiger partial charge < -0.3 is 0 Å². The van der Waals surface area contributed by atoms with Crippen LogP contribution in [0.5, 0.6) is 0 Å². The number of hydrogen-bond acceptors (Lipinski definition) is 6. The van der Waals surface area contributed by atoms with Gasteiger partial charge in [0.05, 0.1) is 11.3 Å². The number of rotatable bonds is 3. The molecule has 2 aromatic carbocycles. The minimum absolute atomic E-state index is 0.0843. The molecule has 2 heterocycles. The van der Waals surface area contributed by atoms with Crippen molar-refractivity contribution in [2.45, 2.75) is 11.7 Å². The molecule has 1 aliphatic heterocycles. The molecule has 0 radical (unpaired) electrons. The number of likely N-dealkylation sites (N-methyl/N-ethyl adjacent to an activating group) is 1. The molecule has 2 N–H and O–H groups in total. The van der Waals surface area contributed by atoms with Crippen molar-refractivity contribution in [2.24, 2.45) is 10.2 Å². The molecule has 1 aliphatic rings. The molecule has 8 heteroatoms. The van der Waals surface area contributed by atoms with Crippen molar-refractivity contribution in [3.05, 3.63) is 63.9 Å². The molecule has 1 aromatic heterocycles. The van der Waals surface area contributed by atoms with E-state index in [1.165, 1.54) is 0 Å². The molecule has 1 unspecified atom stereocenters. The molecule has 27 heavy (non-hydrogen) atoms. The summed E-state index contributed by atoms with van der Waals surface area (Å²) in [7, 11) is -1.78. The molecule has 3 aromatic rings. The molecule has 138 valence electrons. The summed E-state index contributed by atoms with van der Waals surface area (Å²) in [5.41, 5.74) is 1.82. The van der Waals surface area contributed by atoms with E-state index in [0.717, 1.165) is 17.5 Å². The van der Waals surface area contributed by atoms with Gasteiger partial charge >= 0.3 is 0 Å². The number of primary sulfonamides is 1. The fraction of sp³-hybridized carbons (Fsp3) is 0.211. The third-order valence-electron chi connectivity index (χ3n) is 4.67. The molecule has 7 nitrogen and oxygen atoms in total. The molecule has 0 fully saturated rings. The Labute approximate surface area is 156 Å². The summed E-state index contributed by atoms with van der Waals surface area (Å²) in [6.07, 6.45) is 3.62. The lowest BCUT2D eigenvalue weighted by molar-refractivity contribution is 0.381.